The van der Waals surface area contributed by atoms with Crippen molar-refractivity contribution >= 4 is 5.96 Å². The van der Waals surface area contributed by atoms with Crippen LogP contribution in [0.25, 0.3) is 0 Å². The van der Waals surface area contributed by atoms with E-state index in [-0.39, 0.29) is 5.82 Å². The highest BCUT2D eigenvalue weighted by atomic mass is 19.1. The average Bonchev–Trinajstić information content (AvgIpc) is 3.12. The summed E-state index contributed by atoms with van der Waals surface area (Å²) in [5.74, 6) is 1.07. The van der Waals surface area contributed by atoms with Gasteiger partial charge in [0.1, 0.15) is 5.82 Å². The third-order valence-electron chi connectivity index (χ3n) is 4.01. The van der Waals surface area contributed by atoms with E-state index in [4.69, 9.17) is 5.73 Å². The molecule has 3 nitrogen and oxygen atoms in total. The fourth-order valence-corrected chi connectivity index (χ4v) is 2.64. The van der Waals surface area contributed by atoms with Crippen LogP contribution in [0.5, 0.6) is 0 Å². The van der Waals surface area contributed by atoms with Gasteiger partial charge in [-0.3, -0.25) is 4.99 Å². The molecule has 1 aliphatic heterocycles. The molecule has 0 saturated heterocycles. The van der Waals surface area contributed by atoms with Crippen LogP contribution in [0.1, 0.15) is 25.3 Å². The van der Waals surface area contributed by atoms with E-state index in [1.54, 1.807) is 6.07 Å². The number of benzene rings is 1. The molecule has 1 heterocycles. The van der Waals surface area contributed by atoms with E-state index in [0.29, 0.717) is 24.0 Å². The summed E-state index contributed by atoms with van der Waals surface area (Å²) in [7, 11) is 0. The maximum atomic E-state index is 14.0. The third-order valence-corrected chi connectivity index (χ3v) is 4.01. The van der Waals surface area contributed by atoms with Crippen molar-refractivity contribution in [2.45, 2.75) is 25.3 Å². The van der Waals surface area contributed by atoms with E-state index in [9.17, 15) is 4.39 Å². The molecule has 2 aliphatic rings. The molecular formula is C14H18FN3. The SMILES string of the molecule is CC1(c2ccccc2F)CN=C(N)N1CC1CC1. The van der Waals surface area contributed by atoms with Crippen molar-refractivity contribution in [3.63, 3.8) is 0 Å². The van der Waals surface area contributed by atoms with Crippen LogP contribution >= 0.6 is 0 Å². The first kappa shape index (κ1) is 11.5. The van der Waals surface area contributed by atoms with Gasteiger partial charge in [0.2, 0.25) is 0 Å². The van der Waals surface area contributed by atoms with Crippen LogP contribution in [0.2, 0.25) is 0 Å². The number of nitrogens with zero attached hydrogens (tertiary/aromatic N) is 2. The Labute approximate surface area is 106 Å². The van der Waals surface area contributed by atoms with Crippen molar-refractivity contribution in [1.29, 1.82) is 0 Å². The van der Waals surface area contributed by atoms with Gasteiger partial charge in [-0.05, 0) is 31.7 Å². The second-order valence-electron chi connectivity index (χ2n) is 5.48. The van der Waals surface area contributed by atoms with Crippen LogP contribution in [0.4, 0.5) is 4.39 Å². The molecule has 0 aromatic heterocycles. The lowest BCUT2D eigenvalue weighted by molar-refractivity contribution is 0.211. The number of halogens is 1. The van der Waals surface area contributed by atoms with Crippen molar-refractivity contribution < 1.29 is 4.39 Å². The van der Waals surface area contributed by atoms with E-state index < -0.39 is 5.54 Å². The standard InChI is InChI=1S/C14H18FN3/c1-14(11-4-2-3-5-12(11)15)9-17-13(16)18(14)8-10-6-7-10/h2-5,10H,6-9H2,1H3,(H2,16,17). The minimum Gasteiger partial charge on any atom is -0.370 e. The Kier molecular flexibility index (Phi) is 2.54. The van der Waals surface area contributed by atoms with E-state index in [1.165, 1.54) is 18.9 Å². The highest BCUT2D eigenvalue weighted by Gasteiger charge is 2.43. The summed E-state index contributed by atoms with van der Waals surface area (Å²) in [6, 6.07) is 6.92. The molecule has 0 radical (unpaired) electrons. The van der Waals surface area contributed by atoms with Gasteiger partial charge in [-0.15, -0.1) is 0 Å². The first-order valence-electron chi connectivity index (χ1n) is 6.44. The predicted molar refractivity (Wildman–Crippen MR) is 69.7 cm³/mol. The number of rotatable bonds is 3. The van der Waals surface area contributed by atoms with Gasteiger partial charge in [0, 0.05) is 12.1 Å². The van der Waals surface area contributed by atoms with Gasteiger partial charge in [-0.2, -0.15) is 0 Å². The highest BCUT2D eigenvalue weighted by Crippen LogP contribution is 2.38. The Morgan fingerprint density at radius 3 is 2.83 bits per heavy atom. The summed E-state index contributed by atoms with van der Waals surface area (Å²) in [5.41, 5.74) is 6.23. The summed E-state index contributed by atoms with van der Waals surface area (Å²) < 4.78 is 14.0. The number of nitrogens with two attached hydrogens (primary N) is 1. The van der Waals surface area contributed by atoms with Crippen LogP contribution in [-0.4, -0.2) is 23.9 Å². The van der Waals surface area contributed by atoms with Gasteiger partial charge >= 0.3 is 0 Å². The molecule has 1 atom stereocenters. The van der Waals surface area contributed by atoms with E-state index in [1.807, 2.05) is 19.1 Å². The average molecular weight is 247 g/mol. The van der Waals surface area contributed by atoms with Crippen LogP contribution in [0.15, 0.2) is 29.3 Å². The van der Waals surface area contributed by atoms with Crippen molar-refractivity contribution in [3.05, 3.63) is 35.6 Å². The Morgan fingerprint density at radius 2 is 2.17 bits per heavy atom. The highest BCUT2D eigenvalue weighted by molar-refractivity contribution is 5.81. The quantitative estimate of drug-likeness (QED) is 0.888. The van der Waals surface area contributed by atoms with E-state index in [0.717, 1.165) is 6.54 Å². The van der Waals surface area contributed by atoms with Crippen LogP contribution in [-0.2, 0) is 5.54 Å². The van der Waals surface area contributed by atoms with Crippen LogP contribution in [0, 0.1) is 11.7 Å². The van der Waals surface area contributed by atoms with Crippen molar-refractivity contribution in [2.75, 3.05) is 13.1 Å². The monoisotopic (exact) mass is 247 g/mol. The second-order valence-corrected chi connectivity index (χ2v) is 5.48. The zero-order valence-electron chi connectivity index (χ0n) is 10.6. The largest absolute Gasteiger partial charge is 0.370 e. The second kappa shape index (κ2) is 3.97. The maximum Gasteiger partial charge on any atom is 0.192 e. The predicted octanol–water partition coefficient (Wildman–Crippen LogP) is 2.08. The molecule has 1 aromatic rings. The molecule has 1 aromatic carbocycles. The topological polar surface area (TPSA) is 41.6 Å². The van der Waals surface area contributed by atoms with Crippen LogP contribution in [0.3, 0.4) is 0 Å². The Hall–Kier alpha value is -1.58. The molecule has 96 valence electrons. The molecule has 1 fully saturated rings. The molecular weight excluding hydrogens is 229 g/mol. The molecule has 1 unspecified atom stereocenters. The Morgan fingerprint density at radius 1 is 1.44 bits per heavy atom. The fourth-order valence-electron chi connectivity index (χ4n) is 2.64. The number of guanidine groups is 1. The minimum absolute atomic E-state index is 0.175. The number of hydrogen-bond donors (Lipinski definition) is 1. The van der Waals surface area contributed by atoms with E-state index in [2.05, 4.69) is 9.89 Å². The third kappa shape index (κ3) is 1.76. The van der Waals surface area contributed by atoms with Gasteiger partial charge in [-0.25, -0.2) is 4.39 Å². The van der Waals surface area contributed by atoms with Gasteiger partial charge in [0.25, 0.3) is 0 Å². The first-order chi connectivity index (χ1) is 8.61. The smallest absolute Gasteiger partial charge is 0.192 e. The van der Waals surface area contributed by atoms with Crippen molar-refractivity contribution in [3.8, 4) is 0 Å². The van der Waals surface area contributed by atoms with E-state index >= 15 is 0 Å². The molecule has 0 amide bonds. The molecule has 1 aliphatic carbocycles. The maximum absolute atomic E-state index is 14.0. The summed E-state index contributed by atoms with van der Waals surface area (Å²) in [6.07, 6.45) is 2.49. The molecule has 4 heteroatoms. The fraction of sp³-hybridized carbons (Fsp3) is 0.500. The van der Waals surface area contributed by atoms with Gasteiger partial charge in [-0.1, -0.05) is 18.2 Å². The molecule has 2 N–H and O–H groups in total. The Bertz CT molecular complexity index is 496. The lowest BCUT2D eigenvalue weighted by atomic mass is 9.90. The number of aliphatic imine (C=N–C) groups is 1. The van der Waals surface area contributed by atoms with Crippen LogP contribution < -0.4 is 5.73 Å². The molecule has 0 spiro atoms. The summed E-state index contributed by atoms with van der Waals surface area (Å²) >= 11 is 0. The zero-order chi connectivity index (χ0) is 12.8. The first-order valence-corrected chi connectivity index (χ1v) is 6.44. The normalized spacial score (nSPS) is 27.4. The minimum atomic E-state index is -0.433. The lowest BCUT2D eigenvalue weighted by Gasteiger charge is -2.37. The molecule has 0 bridgehead atoms. The van der Waals surface area contributed by atoms with Crippen molar-refractivity contribution in [1.82, 2.24) is 4.90 Å². The summed E-state index contributed by atoms with van der Waals surface area (Å²) in [5, 5.41) is 0. The lowest BCUT2D eigenvalue weighted by Crippen LogP contribution is -2.48. The molecule has 18 heavy (non-hydrogen) atoms. The summed E-state index contributed by atoms with van der Waals surface area (Å²) in [6.45, 7) is 3.45. The Balaban J connectivity index is 1.95. The molecule has 1 saturated carbocycles. The van der Waals surface area contributed by atoms with Crippen molar-refractivity contribution in [2.24, 2.45) is 16.6 Å². The van der Waals surface area contributed by atoms with Gasteiger partial charge in [0.15, 0.2) is 5.96 Å². The van der Waals surface area contributed by atoms with Gasteiger partial charge in [0.05, 0.1) is 12.1 Å². The molecule has 3 rings (SSSR count). The van der Waals surface area contributed by atoms with Gasteiger partial charge < -0.3 is 10.6 Å². The summed E-state index contributed by atoms with van der Waals surface area (Å²) in [4.78, 5) is 6.40. The zero-order valence-corrected chi connectivity index (χ0v) is 10.6. The number of hydrogen-bond acceptors (Lipinski definition) is 3.